The number of nitrogens with zero attached hydrogens (tertiary/aromatic N) is 1. The van der Waals surface area contributed by atoms with Gasteiger partial charge < -0.3 is 10.4 Å². The number of rotatable bonds is 3. The van der Waals surface area contributed by atoms with Gasteiger partial charge in [-0.15, -0.1) is 0 Å². The fourth-order valence-electron chi connectivity index (χ4n) is 1.92. The molecule has 21 heavy (non-hydrogen) atoms. The zero-order chi connectivity index (χ0) is 15.7. The topological polar surface area (TPSA) is 104 Å². The summed E-state index contributed by atoms with van der Waals surface area (Å²) in [7, 11) is 0. The molecule has 1 fully saturated rings. The summed E-state index contributed by atoms with van der Waals surface area (Å²) in [6, 6.07) is 2.96. The van der Waals surface area contributed by atoms with E-state index in [1.807, 2.05) is 0 Å². The Morgan fingerprint density at radius 3 is 2.29 bits per heavy atom. The van der Waals surface area contributed by atoms with Crippen molar-refractivity contribution in [2.45, 2.75) is 19.9 Å². The molecule has 1 saturated heterocycles. The van der Waals surface area contributed by atoms with Gasteiger partial charge in [0.05, 0.1) is 0 Å². The number of Topliss-reactive ketones (excluding diaryl/α,β-unsaturated/α-hetero) is 1. The lowest BCUT2D eigenvalue weighted by Gasteiger charge is -2.13. The lowest BCUT2D eigenvalue weighted by molar-refractivity contribution is -0.141. The van der Waals surface area contributed by atoms with Crippen molar-refractivity contribution in [1.82, 2.24) is 10.2 Å². The Bertz CT molecular complexity index is 621. The summed E-state index contributed by atoms with van der Waals surface area (Å²) in [6.45, 7) is 3.11. The molecule has 0 spiro atoms. The molecular formula is C14H14N2O5. The normalized spacial score (nSPS) is 18.0. The number of hydrogen-bond acceptors (Lipinski definition) is 5. The van der Waals surface area contributed by atoms with Crippen molar-refractivity contribution in [3.63, 3.8) is 0 Å². The van der Waals surface area contributed by atoms with E-state index >= 15 is 0 Å². The van der Waals surface area contributed by atoms with Crippen LogP contribution in [0.25, 0.3) is 0 Å². The fourth-order valence-corrected chi connectivity index (χ4v) is 1.92. The molecule has 1 aliphatic rings. The van der Waals surface area contributed by atoms with Crippen LogP contribution in [0.1, 0.15) is 24.2 Å². The number of hydrogen-bond donors (Lipinski definition) is 2. The highest BCUT2D eigenvalue weighted by Crippen LogP contribution is 2.17. The predicted octanol–water partition coefficient (Wildman–Crippen LogP) is 0.678. The van der Waals surface area contributed by atoms with E-state index in [1.54, 1.807) is 13.8 Å². The van der Waals surface area contributed by atoms with E-state index in [4.69, 9.17) is 0 Å². The number of carbonyl (C=O) groups excluding carboxylic acids is 4. The number of aromatic hydroxyl groups is 1. The molecule has 0 radical (unpaired) electrons. The molecule has 0 bridgehead atoms. The SMILES string of the molecule is CC(C)C(=O)N1C(=O)N[C@@H](C(=O)c2ccc(O)cc2)C1=O. The monoisotopic (exact) mass is 290 g/mol. The van der Waals surface area contributed by atoms with Crippen molar-refractivity contribution >= 4 is 23.6 Å². The molecule has 7 nitrogen and oxygen atoms in total. The molecule has 7 heteroatoms. The number of ketones is 1. The van der Waals surface area contributed by atoms with E-state index < -0.39 is 35.6 Å². The summed E-state index contributed by atoms with van der Waals surface area (Å²) in [5, 5.41) is 11.4. The van der Waals surface area contributed by atoms with Gasteiger partial charge in [0.2, 0.25) is 5.91 Å². The first-order valence-electron chi connectivity index (χ1n) is 6.34. The van der Waals surface area contributed by atoms with Crippen molar-refractivity contribution in [3.8, 4) is 5.75 Å². The Morgan fingerprint density at radius 1 is 1.19 bits per heavy atom. The number of carbonyl (C=O) groups is 4. The third kappa shape index (κ3) is 2.62. The first-order chi connectivity index (χ1) is 9.82. The lowest BCUT2D eigenvalue weighted by Crippen LogP contribution is -2.41. The van der Waals surface area contributed by atoms with E-state index in [1.165, 1.54) is 24.3 Å². The Labute approximate surface area is 120 Å². The molecule has 0 aliphatic carbocycles. The summed E-state index contributed by atoms with van der Waals surface area (Å²) >= 11 is 0. The molecule has 0 unspecified atom stereocenters. The number of imide groups is 3. The second-order valence-corrected chi connectivity index (χ2v) is 4.96. The van der Waals surface area contributed by atoms with Crippen molar-refractivity contribution in [2.24, 2.45) is 5.92 Å². The predicted molar refractivity (Wildman–Crippen MR) is 71.4 cm³/mol. The minimum Gasteiger partial charge on any atom is -0.508 e. The molecule has 0 aromatic heterocycles. The van der Waals surface area contributed by atoms with Crippen molar-refractivity contribution < 1.29 is 24.3 Å². The maximum Gasteiger partial charge on any atom is 0.332 e. The highest BCUT2D eigenvalue weighted by Gasteiger charge is 2.46. The highest BCUT2D eigenvalue weighted by molar-refractivity contribution is 6.26. The fraction of sp³-hybridized carbons (Fsp3) is 0.286. The molecule has 2 rings (SSSR count). The second kappa shape index (κ2) is 5.35. The maximum atomic E-state index is 12.2. The summed E-state index contributed by atoms with van der Waals surface area (Å²) in [5.41, 5.74) is 0.158. The van der Waals surface area contributed by atoms with E-state index in [2.05, 4.69) is 5.32 Å². The third-order valence-electron chi connectivity index (χ3n) is 3.07. The van der Waals surface area contributed by atoms with Crippen LogP contribution in [0, 0.1) is 5.92 Å². The Kier molecular flexibility index (Phi) is 3.75. The lowest BCUT2D eigenvalue weighted by atomic mass is 10.0. The molecule has 1 aromatic carbocycles. The van der Waals surface area contributed by atoms with Crippen LogP contribution in [0.3, 0.4) is 0 Å². The molecule has 4 amide bonds. The first kappa shape index (κ1) is 14.7. The maximum absolute atomic E-state index is 12.2. The molecule has 1 atom stereocenters. The van der Waals surface area contributed by atoms with Gasteiger partial charge in [-0.3, -0.25) is 14.4 Å². The smallest absolute Gasteiger partial charge is 0.332 e. The zero-order valence-corrected chi connectivity index (χ0v) is 11.5. The Balaban J connectivity index is 2.24. The largest absolute Gasteiger partial charge is 0.508 e. The number of benzene rings is 1. The molecule has 1 aromatic rings. The van der Waals surface area contributed by atoms with Crippen LogP contribution in [0.15, 0.2) is 24.3 Å². The number of amides is 4. The number of urea groups is 1. The van der Waals surface area contributed by atoms with Crippen molar-refractivity contribution in [1.29, 1.82) is 0 Å². The van der Waals surface area contributed by atoms with Gasteiger partial charge in [0.25, 0.3) is 5.91 Å². The van der Waals surface area contributed by atoms with Gasteiger partial charge in [0.15, 0.2) is 11.8 Å². The minimum absolute atomic E-state index is 0.0232. The molecule has 2 N–H and O–H groups in total. The van der Waals surface area contributed by atoms with Crippen LogP contribution in [-0.2, 0) is 9.59 Å². The first-order valence-corrected chi connectivity index (χ1v) is 6.34. The summed E-state index contributed by atoms with van der Waals surface area (Å²) < 4.78 is 0. The van der Waals surface area contributed by atoms with E-state index in [0.29, 0.717) is 4.90 Å². The van der Waals surface area contributed by atoms with Crippen LogP contribution >= 0.6 is 0 Å². The molecule has 1 aliphatic heterocycles. The molecule has 110 valence electrons. The van der Waals surface area contributed by atoms with Crippen LogP contribution in [-0.4, -0.2) is 39.7 Å². The Hall–Kier alpha value is -2.70. The van der Waals surface area contributed by atoms with E-state index in [0.717, 1.165) is 0 Å². The molecular weight excluding hydrogens is 276 g/mol. The highest BCUT2D eigenvalue weighted by atomic mass is 16.3. The van der Waals surface area contributed by atoms with E-state index in [-0.39, 0.29) is 11.3 Å². The summed E-state index contributed by atoms with van der Waals surface area (Å²) in [4.78, 5) is 48.3. The van der Waals surface area contributed by atoms with Gasteiger partial charge in [0.1, 0.15) is 5.75 Å². The van der Waals surface area contributed by atoms with Gasteiger partial charge in [-0.1, -0.05) is 13.8 Å². The quantitative estimate of drug-likeness (QED) is 0.484. The van der Waals surface area contributed by atoms with Gasteiger partial charge in [-0.25, -0.2) is 4.79 Å². The standard InChI is InChI=1S/C14H14N2O5/c1-7(2)12(19)16-13(20)10(15-14(16)21)11(18)8-3-5-9(17)6-4-8/h3-7,10,17H,1-2H3,(H,15,21)/t10-/m0/s1. The number of phenolic OH excluding ortho intramolecular Hbond substituents is 1. The van der Waals surface area contributed by atoms with Crippen molar-refractivity contribution in [3.05, 3.63) is 29.8 Å². The van der Waals surface area contributed by atoms with E-state index in [9.17, 15) is 24.3 Å². The number of nitrogens with one attached hydrogen (secondary N) is 1. The zero-order valence-electron chi connectivity index (χ0n) is 11.5. The Morgan fingerprint density at radius 2 is 1.76 bits per heavy atom. The van der Waals surface area contributed by atoms with Crippen LogP contribution in [0.4, 0.5) is 4.79 Å². The van der Waals surface area contributed by atoms with Crippen LogP contribution in [0.5, 0.6) is 5.75 Å². The molecule has 1 heterocycles. The summed E-state index contributed by atoms with van der Waals surface area (Å²) in [6.07, 6.45) is 0. The van der Waals surface area contributed by atoms with Gasteiger partial charge in [0, 0.05) is 11.5 Å². The second-order valence-electron chi connectivity index (χ2n) is 4.96. The van der Waals surface area contributed by atoms with Gasteiger partial charge in [-0.05, 0) is 24.3 Å². The third-order valence-corrected chi connectivity index (χ3v) is 3.07. The minimum atomic E-state index is -1.41. The average Bonchev–Trinajstić information content (AvgIpc) is 2.73. The van der Waals surface area contributed by atoms with Crippen LogP contribution < -0.4 is 5.32 Å². The summed E-state index contributed by atoms with van der Waals surface area (Å²) in [5.74, 6) is -2.73. The van der Waals surface area contributed by atoms with Gasteiger partial charge in [-0.2, -0.15) is 4.90 Å². The number of phenols is 1. The average molecular weight is 290 g/mol. The van der Waals surface area contributed by atoms with Crippen molar-refractivity contribution in [2.75, 3.05) is 0 Å². The van der Waals surface area contributed by atoms with Gasteiger partial charge >= 0.3 is 6.03 Å². The van der Waals surface area contributed by atoms with Crippen LogP contribution in [0.2, 0.25) is 0 Å². The molecule has 0 saturated carbocycles.